The number of amides is 4. The molecule has 4 aromatic rings. The topological polar surface area (TPSA) is 175 Å². The number of rotatable bonds is 10. The average Bonchev–Trinajstić information content (AvgIpc) is 4.01. The van der Waals surface area contributed by atoms with E-state index in [0.29, 0.717) is 48.1 Å². The molecule has 61 heavy (non-hydrogen) atoms. The number of benzene rings is 4. The Balaban J connectivity index is 0.000000260. The summed E-state index contributed by atoms with van der Waals surface area (Å²) < 4.78 is 39.8. The Bertz CT molecular complexity index is 2180. The van der Waals surface area contributed by atoms with Gasteiger partial charge in [-0.3, -0.25) is 14.5 Å². The number of carbonyl (C=O) groups excluding carboxylic acids is 6. The Hall–Kier alpha value is -6.68. The highest BCUT2D eigenvalue weighted by Crippen LogP contribution is 2.52. The molecular weight excluding hydrogens is 791 g/mol. The molecule has 4 N–H and O–H groups in total. The Morgan fingerprint density at radius 1 is 0.754 bits per heavy atom. The zero-order valence-corrected chi connectivity index (χ0v) is 34.4. The monoisotopic (exact) mass is 840 g/mol. The molecule has 0 aromatic heterocycles. The highest BCUT2D eigenvalue weighted by molar-refractivity contribution is 5.99. The summed E-state index contributed by atoms with van der Waals surface area (Å²) in [6.07, 6.45) is 3.51. The van der Waals surface area contributed by atoms with Crippen LogP contribution in [0.25, 0.3) is 11.1 Å². The molecule has 14 nitrogen and oxygen atoms in total. The van der Waals surface area contributed by atoms with Gasteiger partial charge in [0.2, 0.25) is 5.91 Å². The van der Waals surface area contributed by atoms with Gasteiger partial charge in [-0.15, -0.1) is 0 Å². The van der Waals surface area contributed by atoms with Crippen LogP contribution in [-0.2, 0) is 34.6 Å². The van der Waals surface area contributed by atoms with Gasteiger partial charge in [0, 0.05) is 36.1 Å². The number of hydrogen-bond acceptors (Lipinski definition) is 10. The Labute approximate surface area is 353 Å². The number of aldehydes is 2. The molecule has 1 aliphatic carbocycles. The van der Waals surface area contributed by atoms with Gasteiger partial charge in [-0.2, -0.15) is 8.78 Å². The summed E-state index contributed by atoms with van der Waals surface area (Å²) in [6.45, 7) is 1.40. The number of likely N-dealkylation sites (tertiary alicyclic amines) is 2. The summed E-state index contributed by atoms with van der Waals surface area (Å²) in [5.41, 5.74) is 2.65. The fourth-order valence-electron chi connectivity index (χ4n) is 7.41. The third-order valence-corrected chi connectivity index (χ3v) is 10.7. The predicted molar refractivity (Wildman–Crippen MR) is 225 cm³/mol. The van der Waals surface area contributed by atoms with Crippen LogP contribution in [0.2, 0.25) is 0 Å². The maximum Gasteiger partial charge on any atom is 0.407 e. The minimum Gasteiger partial charge on any atom is -0.453 e. The normalized spacial score (nSPS) is 17.9. The summed E-state index contributed by atoms with van der Waals surface area (Å²) >= 11 is 0. The van der Waals surface area contributed by atoms with E-state index in [1.165, 1.54) is 37.7 Å². The first-order chi connectivity index (χ1) is 29.4. The van der Waals surface area contributed by atoms with Crippen molar-refractivity contribution in [2.75, 3.05) is 52.0 Å². The summed E-state index contributed by atoms with van der Waals surface area (Å²) in [5, 5.41) is 10.6. The van der Waals surface area contributed by atoms with Crippen molar-refractivity contribution < 1.29 is 47.0 Å². The molecular formula is C45H50F2N6O8. The Morgan fingerprint density at radius 2 is 1.31 bits per heavy atom. The van der Waals surface area contributed by atoms with E-state index < -0.39 is 48.0 Å². The standard InChI is InChI=1S/C29H28F2N4O4.C10H11NO3.C6H11NO/c1-32-18-10-12-20-21-13-11-19(16-23(21)29(30,31)22(20)15-18)33-26(36)24-9-6-14-35(24)27(37)25(34-28(38)39-2)17-7-4-3-5-8-17;1-14-10(13)11-9(7-12)8-5-3-2-4-6-8;1-7-4-2-3-6(7)5-8/h3-5,7-8,10-13,15-16,24-25,32H,6,9,14H2,1-2H3,(H,33,36)(H,34,38);2-7,9H,1H3,(H,11,13);5-6H,2-4H2,1H3. The van der Waals surface area contributed by atoms with Crippen LogP contribution in [0.3, 0.4) is 0 Å². The number of carbonyl (C=O) groups is 6. The van der Waals surface area contributed by atoms with Crippen LogP contribution in [0.1, 0.15) is 60.0 Å². The van der Waals surface area contributed by atoms with Crippen LogP contribution in [0.4, 0.5) is 29.7 Å². The van der Waals surface area contributed by atoms with E-state index >= 15 is 8.78 Å². The lowest BCUT2D eigenvalue weighted by Gasteiger charge is -2.28. The molecule has 0 radical (unpaired) electrons. The van der Waals surface area contributed by atoms with Crippen molar-refractivity contribution in [1.82, 2.24) is 20.4 Å². The number of methoxy groups -OCH3 is 2. The number of nitrogens with zero attached hydrogens (tertiary/aromatic N) is 2. The predicted octanol–water partition coefficient (Wildman–Crippen LogP) is 6.44. The van der Waals surface area contributed by atoms with Gasteiger partial charge >= 0.3 is 12.2 Å². The minimum atomic E-state index is -3.23. The van der Waals surface area contributed by atoms with Gasteiger partial charge in [0.15, 0.2) is 0 Å². The molecule has 4 aromatic carbocycles. The number of anilines is 2. The van der Waals surface area contributed by atoms with Gasteiger partial charge in [-0.05, 0) is 85.8 Å². The van der Waals surface area contributed by atoms with Crippen LogP contribution in [-0.4, -0.2) is 99.9 Å². The first-order valence-corrected chi connectivity index (χ1v) is 19.7. The van der Waals surface area contributed by atoms with E-state index in [1.54, 1.807) is 85.9 Å². The number of alkyl carbamates (subject to hydrolysis) is 2. The van der Waals surface area contributed by atoms with Crippen molar-refractivity contribution >= 4 is 47.9 Å². The van der Waals surface area contributed by atoms with Gasteiger partial charge in [0.25, 0.3) is 11.8 Å². The Morgan fingerprint density at radius 3 is 1.84 bits per heavy atom. The largest absolute Gasteiger partial charge is 0.453 e. The maximum atomic E-state index is 15.4. The molecule has 2 aliphatic heterocycles. The molecule has 4 amide bonds. The number of hydrogen-bond donors (Lipinski definition) is 4. The molecule has 3 aliphatic rings. The van der Waals surface area contributed by atoms with Crippen LogP contribution >= 0.6 is 0 Å². The van der Waals surface area contributed by atoms with E-state index in [2.05, 4.69) is 30.9 Å². The first-order valence-electron chi connectivity index (χ1n) is 19.7. The maximum absolute atomic E-state index is 15.4. The second-order valence-electron chi connectivity index (χ2n) is 14.5. The van der Waals surface area contributed by atoms with E-state index in [-0.39, 0.29) is 22.9 Å². The van der Waals surface area contributed by atoms with Gasteiger partial charge in [0.05, 0.1) is 20.3 Å². The van der Waals surface area contributed by atoms with Gasteiger partial charge in [-0.1, -0.05) is 72.8 Å². The molecule has 0 saturated carbocycles. The second-order valence-corrected chi connectivity index (χ2v) is 14.5. The molecule has 4 unspecified atom stereocenters. The minimum absolute atomic E-state index is 0.0922. The fourth-order valence-corrected chi connectivity index (χ4v) is 7.41. The molecule has 4 atom stereocenters. The molecule has 0 spiro atoms. The number of nitrogens with one attached hydrogen (secondary N) is 4. The quantitative estimate of drug-likeness (QED) is 0.130. The number of halogens is 2. The highest BCUT2D eigenvalue weighted by atomic mass is 19.3. The molecule has 2 fully saturated rings. The van der Waals surface area contributed by atoms with Crippen LogP contribution < -0.4 is 21.3 Å². The SMILES string of the molecule is CN1CCCC1C=O.CNc1ccc2c(c1)C(F)(F)c1cc(NC(=O)C3CCCN3C(=O)C(NC(=O)OC)c3ccccc3)ccc1-2.COC(=O)NC(C=O)c1ccccc1. The van der Waals surface area contributed by atoms with E-state index in [0.717, 1.165) is 24.8 Å². The van der Waals surface area contributed by atoms with E-state index in [4.69, 9.17) is 4.74 Å². The van der Waals surface area contributed by atoms with Crippen LogP contribution in [0, 0.1) is 0 Å². The molecule has 322 valence electrons. The highest BCUT2D eigenvalue weighted by Gasteiger charge is 2.45. The van der Waals surface area contributed by atoms with Crippen molar-refractivity contribution in [2.45, 2.75) is 55.8 Å². The summed E-state index contributed by atoms with van der Waals surface area (Å²) in [6, 6.07) is 24.6. The number of fused-ring (bicyclic) bond motifs is 3. The van der Waals surface area contributed by atoms with E-state index in [9.17, 15) is 28.8 Å². The van der Waals surface area contributed by atoms with Crippen molar-refractivity contribution in [1.29, 1.82) is 0 Å². The lowest BCUT2D eigenvalue weighted by atomic mass is 10.0. The van der Waals surface area contributed by atoms with Crippen molar-refractivity contribution in [2.24, 2.45) is 0 Å². The molecule has 0 bridgehead atoms. The van der Waals surface area contributed by atoms with Crippen molar-refractivity contribution in [3.05, 3.63) is 119 Å². The molecule has 2 heterocycles. The van der Waals surface area contributed by atoms with Gasteiger partial charge in [-0.25, -0.2) is 9.59 Å². The number of alkyl halides is 2. The fraction of sp³-hybridized carbons (Fsp3) is 0.333. The zero-order valence-electron chi connectivity index (χ0n) is 34.4. The van der Waals surface area contributed by atoms with Crippen molar-refractivity contribution in [3.8, 4) is 11.1 Å². The number of likely N-dealkylation sites (N-methyl/N-ethyl adjacent to an activating group) is 1. The first kappa shape index (κ1) is 45.4. The third kappa shape index (κ3) is 10.9. The zero-order chi connectivity index (χ0) is 44.1. The van der Waals surface area contributed by atoms with Crippen LogP contribution in [0.15, 0.2) is 97.1 Å². The van der Waals surface area contributed by atoms with Crippen molar-refractivity contribution in [3.63, 3.8) is 0 Å². The van der Waals surface area contributed by atoms with Gasteiger partial charge < -0.3 is 45.2 Å². The second kappa shape index (κ2) is 21.0. The summed E-state index contributed by atoms with van der Waals surface area (Å²) in [4.78, 5) is 74.1. The Kier molecular flexibility index (Phi) is 15.6. The summed E-state index contributed by atoms with van der Waals surface area (Å²) in [7, 11) is 6.11. The molecule has 2 saturated heterocycles. The lowest BCUT2D eigenvalue weighted by Crippen LogP contribution is -2.48. The van der Waals surface area contributed by atoms with E-state index in [1.807, 2.05) is 13.1 Å². The lowest BCUT2D eigenvalue weighted by molar-refractivity contribution is -0.138. The summed E-state index contributed by atoms with van der Waals surface area (Å²) in [5.74, 6) is -4.17. The average molecular weight is 841 g/mol. The molecule has 16 heteroatoms. The third-order valence-electron chi connectivity index (χ3n) is 10.7. The number of ether oxygens (including phenoxy) is 2. The van der Waals surface area contributed by atoms with Crippen LogP contribution in [0.5, 0.6) is 0 Å². The molecule has 7 rings (SSSR count). The van der Waals surface area contributed by atoms with Gasteiger partial charge in [0.1, 0.15) is 30.7 Å². The smallest absolute Gasteiger partial charge is 0.407 e.